The smallest absolute Gasteiger partial charge is 0.151 e. The molecule has 0 aliphatic heterocycles. The maximum Gasteiger partial charge on any atom is 0.151 e. The molecule has 0 radical (unpaired) electrons. The number of benzene rings is 2. The van der Waals surface area contributed by atoms with E-state index in [1.165, 1.54) is 12.1 Å². The van der Waals surface area contributed by atoms with Gasteiger partial charge in [-0.3, -0.25) is 5.43 Å². The predicted molar refractivity (Wildman–Crippen MR) is 68.8 cm³/mol. The summed E-state index contributed by atoms with van der Waals surface area (Å²) in [7, 11) is 0. The van der Waals surface area contributed by atoms with E-state index in [1.807, 2.05) is 31.2 Å². The number of halogens is 2. The van der Waals surface area contributed by atoms with Crippen molar-refractivity contribution >= 4 is 11.9 Å². The quantitative estimate of drug-likeness (QED) is 0.647. The number of hydrazone groups is 1. The highest BCUT2D eigenvalue weighted by molar-refractivity contribution is 5.80. The van der Waals surface area contributed by atoms with Crippen LogP contribution in [0.25, 0.3) is 0 Å². The molecule has 0 bridgehead atoms. The fourth-order valence-corrected chi connectivity index (χ4v) is 1.41. The number of aryl methyl sites for hydroxylation is 1. The molecule has 0 unspecified atom stereocenters. The molecule has 2 nitrogen and oxygen atoms in total. The minimum absolute atomic E-state index is 0.139. The molecule has 2 rings (SSSR count). The van der Waals surface area contributed by atoms with Crippen LogP contribution >= 0.6 is 0 Å². The van der Waals surface area contributed by atoms with Crippen LogP contribution in [0.5, 0.6) is 0 Å². The van der Waals surface area contributed by atoms with Crippen LogP contribution in [-0.2, 0) is 0 Å². The molecule has 0 spiro atoms. The monoisotopic (exact) mass is 246 g/mol. The fourth-order valence-electron chi connectivity index (χ4n) is 1.41. The summed E-state index contributed by atoms with van der Waals surface area (Å²) in [5, 5.41) is 3.89. The minimum atomic E-state index is -0.670. The second-order valence-electron chi connectivity index (χ2n) is 3.90. The third-order valence-corrected chi connectivity index (χ3v) is 2.41. The molecular weight excluding hydrogens is 234 g/mol. The first-order chi connectivity index (χ1) is 8.65. The van der Waals surface area contributed by atoms with Gasteiger partial charge in [0.1, 0.15) is 5.82 Å². The molecule has 18 heavy (non-hydrogen) atoms. The summed E-state index contributed by atoms with van der Waals surface area (Å²) in [6.45, 7) is 1.99. The molecule has 0 heterocycles. The maximum absolute atomic E-state index is 13.3. The molecule has 4 heteroatoms. The third-order valence-electron chi connectivity index (χ3n) is 2.41. The Labute approximate surface area is 104 Å². The van der Waals surface area contributed by atoms with Gasteiger partial charge in [-0.05, 0) is 24.6 Å². The Morgan fingerprint density at radius 3 is 2.44 bits per heavy atom. The fraction of sp³-hybridized carbons (Fsp3) is 0.0714. The van der Waals surface area contributed by atoms with Crippen LogP contribution in [0.4, 0.5) is 14.5 Å². The van der Waals surface area contributed by atoms with Crippen LogP contribution < -0.4 is 5.43 Å². The van der Waals surface area contributed by atoms with Crippen molar-refractivity contribution in [1.82, 2.24) is 0 Å². The Morgan fingerprint density at radius 1 is 1.06 bits per heavy atom. The number of nitrogens with one attached hydrogen (secondary N) is 1. The lowest BCUT2D eigenvalue weighted by molar-refractivity contribution is 0.585. The van der Waals surface area contributed by atoms with Gasteiger partial charge >= 0.3 is 0 Å². The molecule has 2 aromatic rings. The lowest BCUT2D eigenvalue weighted by Gasteiger charge is -2.01. The van der Waals surface area contributed by atoms with Gasteiger partial charge in [-0.15, -0.1) is 0 Å². The Balaban J connectivity index is 2.05. The van der Waals surface area contributed by atoms with E-state index in [0.717, 1.165) is 17.2 Å². The van der Waals surface area contributed by atoms with Crippen molar-refractivity contribution < 1.29 is 8.78 Å². The molecule has 0 aliphatic rings. The molecular formula is C14H12F2N2. The third kappa shape index (κ3) is 3.13. The first-order valence-electron chi connectivity index (χ1n) is 5.46. The van der Waals surface area contributed by atoms with E-state index in [1.54, 1.807) is 6.21 Å². The summed E-state index contributed by atoms with van der Waals surface area (Å²) >= 11 is 0. The summed E-state index contributed by atoms with van der Waals surface area (Å²) in [4.78, 5) is 0. The summed E-state index contributed by atoms with van der Waals surface area (Å²) < 4.78 is 25.9. The van der Waals surface area contributed by atoms with Gasteiger partial charge < -0.3 is 0 Å². The molecule has 92 valence electrons. The van der Waals surface area contributed by atoms with Gasteiger partial charge in [0.05, 0.1) is 11.9 Å². The maximum atomic E-state index is 13.3. The van der Waals surface area contributed by atoms with E-state index < -0.39 is 11.6 Å². The summed E-state index contributed by atoms with van der Waals surface area (Å²) in [6.07, 6.45) is 1.57. The molecule has 1 N–H and O–H groups in total. The standard InChI is InChI=1S/C14H12F2N2/c1-10-2-4-11(5-3-10)9-17-18-14-7-6-12(15)8-13(14)16/h2-9,18H,1H3/b17-9-. The van der Waals surface area contributed by atoms with Crippen molar-refractivity contribution in [3.63, 3.8) is 0 Å². The molecule has 0 atom stereocenters. The lowest BCUT2D eigenvalue weighted by atomic mass is 10.2. The van der Waals surface area contributed by atoms with Gasteiger partial charge in [0.2, 0.25) is 0 Å². The summed E-state index contributed by atoms with van der Waals surface area (Å²) in [6, 6.07) is 11.0. The summed E-state index contributed by atoms with van der Waals surface area (Å²) in [5.74, 6) is -1.28. The van der Waals surface area contributed by atoms with Crippen LogP contribution in [-0.4, -0.2) is 6.21 Å². The number of anilines is 1. The van der Waals surface area contributed by atoms with Crippen molar-refractivity contribution in [2.45, 2.75) is 6.92 Å². The minimum Gasteiger partial charge on any atom is -0.276 e. The Hall–Kier alpha value is -2.23. The van der Waals surface area contributed by atoms with Crippen LogP contribution in [0.2, 0.25) is 0 Å². The average Bonchev–Trinajstić information content (AvgIpc) is 2.34. The first kappa shape index (κ1) is 12.2. The van der Waals surface area contributed by atoms with Crippen molar-refractivity contribution in [3.8, 4) is 0 Å². The summed E-state index contributed by atoms with van der Waals surface area (Å²) in [5.41, 5.74) is 4.73. The first-order valence-corrected chi connectivity index (χ1v) is 5.46. The van der Waals surface area contributed by atoms with E-state index in [4.69, 9.17) is 0 Å². The number of nitrogens with zero attached hydrogens (tertiary/aromatic N) is 1. The van der Waals surface area contributed by atoms with Crippen molar-refractivity contribution in [2.24, 2.45) is 5.10 Å². The predicted octanol–water partition coefficient (Wildman–Crippen LogP) is 3.72. The van der Waals surface area contributed by atoms with E-state index in [0.29, 0.717) is 0 Å². The second-order valence-corrected chi connectivity index (χ2v) is 3.90. The van der Waals surface area contributed by atoms with Gasteiger partial charge in [-0.2, -0.15) is 5.10 Å². The number of hydrogen-bond donors (Lipinski definition) is 1. The Morgan fingerprint density at radius 2 is 1.78 bits per heavy atom. The lowest BCUT2D eigenvalue weighted by Crippen LogP contribution is -1.94. The van der Waals surface area contributed by atoms with E-state index in [9.17, 15) is 8.78 Å². The SMILES string of the molecule is Cc1ccc(/C=N\Nc2ccc(F)cc2F)cc1. The molecule has 0 saturated carbocycles. The van der Waals surface area contributed by atoms with E-state index in [2.05, 4.69) is 10.5 Å². The normalized spacial score (nSPS) is 10.8. The van der Waals surface area contributed by atoms with Gasteiger partial charge in [-0.25, -0.2) is 8.78 Å². The average molecular weight is 246 g/mol. The van der Waals surface area contributed by atoms with Crippen molar-refractivity contribution in [2.75, 3.05) is 5.43 Å². The van der Waals surface area contributed by atoms with E-state index >= 15 is 0 Å². The van der Waals surface area contributed by atoms with Crippen molar-refractivity contribution in [3.05, 3.63) is 65.2 Å². The highest BCUT2D eigenvalue weighted by Gasteiger charge is 2.01. The Kier molecular flexibility index (Phi) is 3.67. The number of hydrogen-bond acceptors (Lipinski definition) is 2. The van der Waals surface area contributed by atoms with Gasteiger partial charge in [0, 0.05) is 6.07 Å². The zero-order valence-electron chi connectivity index (χ0n) is 9.82. The zero-order chi connectivity index (χ0) is 13.0. The van der Waals surface area contributed by atoms with Gasteiger partial charge in [0.25, 0.3) is 0 Å². The molecule has 0 amide bonds. The van der Waals surface area contributed by atoms with E-state index in [-0.39, 0.29) is 5.69 Å². The van der Waals surface area contributed by atoms with Crippen LogP contribution in [0, 0.1) is 18.6 Å². The largest absolute Gasteiger partial charge is 0.276 e. The van der Waals surface area contributed by atoms with Crippen molar-refractivity contribution in [1.29, 1.82) is 0 Å². The van der Waals surface area contributed by atoms with Gasteiger partial charge in [0.15, 0.2) is 5.82 Å². The van der Waals surface area contributed by atoms with Crippen LogP contribution in [0.1, 0.15) is 11.1 Å². The van der Waals surface area contributed by atoms with Gasteiger partial charge in [-0.1, -0.05) is 29.8 Å². The molecule has 0 fully saturated rings. The zero-order valence-corrected chi connectivity index (χ0v) is 9.82. The number of rotatable bonds is 3. The second kappa shape index (κ2) is 5.40. The molecule has 2 aromatic carbocycles. The highest BCUT2D eigenvalue weighted by Crippen LogP contribution is 2.14. The topological polar surface area (TPSA) is 24.4 Å². The highest BCUT2D eigenvalue weighted by atomic mass is 19.1. The molecule has 0 aromatic heterocycles. The molecule has 0 aliphatic carbocycles. The Bertz CT molecular complexity index is 563. The van der Waals surface area contributed by atoms with Crippen LogP contribution in [0.15, 0.2) is 47.6 Å². The van der Waals surface area contributed by atoms with Crippen LogP contribution in [0.3, 0.4) is 0 Å². The molecule has 0 saturated heterocycles.